The fourth-order valence-electron chi connectivity index (χ4n) is 5.27. The highest BCUT2D eigenvalue weighted by Crippen LogP contribution is 2.41. The van der Waals surface area contributed by atoms with Crippen molar-refractivity contribution in [3.05, 3.63) is 60.4 Å². The van der Waals surface area contributed by atoms with Gasteiger partial charge in [-0.25, -0.2) is 9.18 Å². The predicted octanol–water partition coefficient (Wildman–Crippen LogP) is 5.16. The highest BCUT2D eigenvalue weighted by molar-refractivity contribution is 5.97. The Hall–Kier alpha value is -3.42. The number of carboxylic acid groups (broad SMARTS) is 1. The van der Waals surface area contributed by atoms with Gasteiger partial charge in [-0.1, -0.05) is 25.1 Å². The number of urea groups is 1. The van der Waals surface area contributed by atoms with Crippen LogP contribution in [-0.4, -0.2) is 54.1 Å². The van der Waals surface area contributed by atoms with Crippen molar-refractivity contribution in [1.82, 2.24) is 4.90 Å². The van der Waals surface area contributed by atoms with Crippen LogP contribution in [0, 0.1) is 17.2 Å². The summed E-state index contributed by atoms with van der Waals surface area (Å²) in [5.41, 5.74) is 0.128. The van der Waals surface area contributed by atoms with E-state index in [9.17, 15) is 23.9 Å². The summed E-state index contributed by atoms with van der Waals surface area (Å²) in [6, 6.07) is 14.9. The van der Waals surface area contributed by atoms with E-state index in [1.807, 2.05) is 35.2 Å². The number of carbonyl (C=O) groups is 3. The van der Waals surface area contributed by atoms with Crippen LogP contribution >= 0.6 is 0 Å². The Kier molecular flexibility index (Phi) is 7.62. The molecule has 4 rings (SSSR count). The smallest absolute Gasteiger partial charge is 0.324 e. The fraction of sp³-hybridized carbons (Fsp3) is 0.464. The van der Waals surface area contributed by atoms with Crippen molar-refractivity contribution in [3.8, 4) is 0 Å². The molecule has 1 saturated heterocycles. The lowest BCUT2D eigenvalue weighted by Gasteiger charge is -2.41. The Morgan fingerprint density at radius 3 is 2.17 bits per heavy atom. The van der Waals surface area contributed by atoms with Crippen LogP contribution in [0.3, 0.4) is 0 Å². The van der Waals surface area contributed by atoms with Gasteiger partial charge >= 0.3 is 12.0 Å². The molecular formula is C28H34FN3O4. The predicted molar refractivity (Wildman–Crippen MR) is 136 cm³/mol. The molecule has 1 aliphatic heterocycles. The van der Waals surface area contributed by atoms with Crippen LogP contribution in [-0.2, 0) is 9.59 Å². The van der Waals surface area contributed by atoms with E-state index in [0.717, 1.165) is 24.9 Å². The number of halogens is 1. The van der Waals surface area contributed by atoms with Crippen molar-refractivity contribution in [1.29, 1.82) is 0 Å². The maximum absolute atomic E-state index is 13.7. The molecule has 1 aliphatic carbocycles. The molecule has 1 heterocycles. The van der Waals surface area contributed by atoms with Crippen molar-refractivity contribution < 1.29 is 23.9 Å². The number of anilines is 2. The summed E-state index contributed by atoms with van der Waals surface area (Å²) in [5, 5.41) is 10.2. The number of benzene rings is 2. The minimum Gasteiger partial charge on any atom is -0.481 e. The number of aliphatic carboxylic acids is 1. The third kappa shape index (κ3) is 5.37. The summed E-state index contributed by atoms with van der Waals surface area (Å²) in [4.78, 5) is 44.1. The maximum Gasteiger partial charge on any atom is 0.324 e. The highest BCUT2D eigenvalue weighted by Gasteiger charge is 2.47. The van der Waals surface area contributed by atoms with Crippen LogP contribution in [0.1, 0.15) is 45.4 Å². The van der Waals surface area contributed by atoms with Crippen LogP contribution in [0.4, 0.5) is 20.6 Å². The first-order chi connectivity index (χ1) is 17.3. The molecule has 2 aromatic carbocycles. The molecule has 2 fully saturated rings. The SMILES string of the molecule is CCC(C1CC1)N(C(=O)CC1(C(=O)O)CCN(C(=O)N(C)c2ccc(F)cc2)CC1)c1ccccc1. The molecule has 1 N–H and O–H groups in total. The van der Waals surface area contributed by atoms with E-state index in [0.29, 0.717) is 11.6 Å². The Morgan fingerprint density at radius 1 is 1.03 bits per heavy atom. The lowest BCUT2D eigenvalue weighted by Crippen LogP contribution is -2.52. The van der Waals surface area contributed by atoms with Gasteiger partial charge in [0, 0.05) is 44.0 Å². The van der Waals surface area contributed by atoms with Crippen molar-refractivity contribution in [2.24, 2.45) is 11.3 Å². The number of nitrogens with zero attached hydrogens (tertiary/aromatic N) is 3. The Morgan fingerprint density at radius 2 is 1.64 bits per heavy atom. The normalized spacial score (nSPS) is 17.8. The highest BCUT2D eigenvalue weighted by atomic mass is 19.1. The molecule has 1 atom stereocenters. The Labute approximate surface area is 211 Å². The van der Waals surface area contributed by atoms with E-state index in [4.69, 9.17) is 0 Å². The first kappa shape index (κ1) is 25.7. The molecule has 1 saturated carbocycles. The number of hydrogen-bond acceptors (Lipinski definition) is 3. The van der Waals surface area contributed by atoms with Crippen LogP contribution in [0.25, 0.3) is 0 Å². The molecule has 7 nitrogen and oxygen atoms in total. The van der Waals surface area contributed by atoms with Gasteiger partial charge in [0.2, 0.25) is 5.91 Å². The van der Waals surface area contributed by atoms with Gasteiger partial charge < -0.3 is 14.9 Å². The minimum atomic E-state index is -1.23. The summed E-state index contributed by atoms with van der Waals surface area (Å²) >= 11 is 0. The summed E-state index contributed by atoms with van der Waals surface area (Å²) < 4.78 is 13.3. The maximum atomic E-state index is 13.7. The third-order valence-electron chi connectivity index (χ3n) is 7.65. The molecule has 36 heavy (non-hydrogen) atoms. The standard InChI is InChI=1S/C28H34FN3O4/c1-3-24(20-9-10-20)32(23-7-5-4-6-8-23)25(33)19-28(26(34)35)15-17-31(18-16-28)27(36)30(2)22-13-11-21(29)12-14-22/h4-8,11-14,20,24H,3,9-10,15-19H2,1-2H3,(H,34,35). The summed E-state index contributed by atoms with van der Waals surface area (Å²) in [7, 11) is 1.61. The van der Waals surface area contributed by atoms with Gasteiger partial charge in [-0.15, -0.1) is 0 Å². The molecule has 0 spiro atoms. The van der Waals surface area contributed by atoms with Gasteiger partial charge in [0.25, 0.3) is 0 Å². The monoisotopic (exact) mass is 495 g/mol. The molecule has 3 amide bonds. The minimum absolute atomic E-state index is 0.0526. The topological polar surface area (TPSA) is 81.2 Å². The van der Waals surface area contributed by atoms with Gasteiger partial charge in [-0.2, -0.15) is 0 Å². The number of hydrogen-bond donors (Lipinski definition) is 1. The van der Waals surface area contributed by atoms with E-state index >= 15 is 0 Å². The first-order valence-electron chi connectivity index (χ1n) is 12.6. The van der Waals surface area contributed by atoms with E-state index in [1.54, 1.807) is 11.9 Å². The van der Waals surface area contributed by atoms with E-state index in [2.05, 4.69) is 6.92 Å². The van der Waals surface area contributed by atoms with Crippen LogP contribution < -0.4 is 9.80 Å². The largest absolute Gasteiger partial charge is 0.481 e. The first-order valence-corrected chi connectivity index (χ1v) is 12.6. The summed E-state index contributed by atoms with van der Waals surface area (Å²) in [6.07, 6.45) is 3.26. The van der Waals surface area contributed by atoms with Crippen LogP contribution in [0.5, 0.6) is 0 Å². The molecule has 8 heteroatoms. The van der Waals surface area contributed by atoms with Gasteiger partial charge in [0.1, 0.15) is 5.82 Å². The number of likely N-dealkylation sites (tertiary alicyclic amines) is 1. The Balaban J connectivity index is 1.48. The second kappa shape index (κ2) is 10.7. The zero-order valence-corrected chi connectivity index (χ0v) is 20.9. The van der Waals surface area contributed by atoms with Crippen LogP contribution in [0.2, 0.25) is 0 Å². The average molecular weight is 496 g/mol. The molecule has 0 aromatic heterocycles. The lowest BCUT2D eigenvalue weighted by atomic mass is 9.75. The number of amides is 3. The molecule has 0 radical (unpaired) electrons. The average Bonchev–Trinajstić information content (AvgIpc) is 3.73. The van der Waals surface area contributed by atoms with Crippen molar-refractivity contribution >= 4 is 29.3 Å². The van der Waals surface area contributed by atoms with E-state index in [1.165, 1.54) is 29.2 Å². The number of carboxylic acids is 1. The molecule has 192 valence electrons. The number of carbonyl (C=O) groups excluding carboxylic acids is 2. The fourth-order valence-corrected chi connectivity index (χ4v) is 5.27. The molecule has 0 bridgehead atoms. The zero-order valence-electron chi connectivity index (χ0n) is 20.9. The third-order valence-corrected chi connectivity index (χ3v) is 7.65. The zero-order chi connectivity index (χ0) is 25.9. The summed E-state index contributed by atoms with van der Waals surface area (Å²) in [6.45, 7) is 2.53. The van der Waals surface area contributed by atoms with Gasteiger partial charge in [-0.3, -0.25) is 14.5 Å². The number of rotatable bonds is 8. The second-order valence-electron chi connectivity index (χ2n) is 9.98. The van der Waals surface area contributed by atoms with Gasteiger partial charge in [0.05, 0.1) is 5.41 Å². The second-order valence-corrected chi connectivity index (χ2v) is 9.98. The molecule has 2 aliphatic rings. The van der Waals surface area contributed by atoms with E-state index < -0.39 is 11.4 Å². The van der Waals surface area contributed by atoms with Crippen molar-refractivity contribution in [3.63, 3.8) is 0 Å². The van der Waals surface area contributed by atoms with Gasteiger partial charge in [-0.05, 0) is 74.4 Å². The Bertz CT molecular complexity index is 1080. The molecule has 2 aromatic rings. The molecular weight excluding hydrogens is 461 g/mol. The summed E-state index contributed by atoms with van der Waals surface area (Å²) in [5.74, 6) is -1.11. The van der Waals surface area contributed by atoms with E-state index in [-0.39, 0.29) is 56.1 Å². The number of piperidine rings is 1. The van der Waals surface area contributed by atoms with Crippen LogP contribution in [0.15, 0.2) is 54.6 Å². The van der Waals surface area contributed by atoms with Crippen molar-refractivity contribution in [2.45, 2.75) is 51.5 Å². The quantitative estimate of drug-likeness (QED) is 0.549. The molecule has 1 unspecified atom stereocenters. The van der Waals surface area contributed by atoms with Crippen molar-refractivity contribution in [2.75, 3.05) is 29.9 Å². The van der Waals surface area contributed by atoms with Gasteiger partial charge in [0.15, 0.2) is 0 Å². The lowest BCUT2D eigenvalue weighted by molar-refractivity contribution is -0.154. The number of para-hydroxylation sites is 1.